The highest BCUT2D eigenvalue weighted by Gasteiger charge is 2.51. The van der Waals surface area contributed by atoms with Gasteiger partial charge in [-0.15, -0.1) is 5.10 Å². The van der Waals surface area contributed by atoms with Gasteiger partial charge in [0.2, 0.25) is 5.91 Å². The van der Waals surface area contributed by atoms with E-state index in [1.807, 2.05) is 31.2 Å². The molecule has 1 amide bonds. The Morgan fingerprint density at radius 1 is 1.35 bits per heavy atom. The highest BCUT2D eigenvalue weighted by molar-refractivity contribution is 5.81. The molecule has 0 radical (unpaired) electrons. The third-order valence-corrected chi connectivity index (χ3v) is 5.78. The van der Waals surface area contributed by atoms with E-state index in [4.69, 9.17) is 4.74 Å². The van der Waals surface area contributed by atoms with E-state index < -0.39 is 6.04 Å². The summed E-state index contributed by atoms with van der Waals surface area (Å²) in [6.45, 7) is 1.82. The van der Waals surface area contributed by atoms with Crippen molar-refractivity contribution in [2.45, 2.75) is 51.1 Å². The molecular formula is C19H25N5O2. The fourth-order valence-electron chi connectivity index (χ4n) is 4.31. The molecule has 7 heteroatoms. The quantitative estimate of drug-likeness (QED) is 0.858. The van der Waals surface area contributed by atoms with E-state index >= 15 is 0 Å². The predicted molar refractivity (Wildman–Crippen MR) is 95.7 cm³/mol. The number of methoxy groups -OCH3 is 1. The average Bonchev–Trinajstić information content (AvgIpc) is 3.18. The molecule has 2 aliphatic carbocycles. The minimum absolute atomic E-state index is 0.00243. The summed E-state index contributed by atoms with van der Waals surface area (Å²) in [5.74, 6) is 2.76. The van der Waals surface area contributed by atoms with Crippen LogP contribution >= 0.6 is 0 Å². The molecule has 2 fully saturated rings. The van der Waals surface area contributed by atoms with Gasteiger partial charge in [-0.2, -0.15) is 0 Å². The molecule has 4 rings (SSSR count). The smallest absolute Gasteiger partial charge is 0.245 e. The van der Waals surface area contributed by atoms with Crippen LogP contribution in [0, 0.1) is 18.8 Å². The summed E-state index contributed by atoms with van der Waals surface area (Å²) in [6.07, 6.45) is 5.57. The fraction of sp³-hybridized carbons (Fsp3) is 0.579. The highest BCUT2D eigenvalue weighted by atomic mass is 16.5. The van der Waals surface area contributed by atoms with Crippen LogP contribution in [0.4, 0.5) is 0 Å². The second kappa shape index (κ2) is 7.05. The lowest BCUT2D eigenvalue weighted by Crippen LogP contribution is -2.37. The van der Waals surface area contributed by atoms with E-state index in [0.29, 0.717) is 30.1 Å². The number of nitrogens with one attached hydrogen (secondary N) is 1. The first kappa shape index (κ1) is 17.0. The van der Waals surface area contributed by atoms with Crippen LogP contribution in [0.3, 0.4) is 0 Å². The summed E-state index contributed by atoms with van der Waals surface area (Å²) in [5, 5.41) is 15.0. The number of carbonyl (C=O) groups excluding carboxylic acids is 1. The van der Waals surface area contributed by atoms with Gasteiger partial charge in [0.1, 0.15) is 17.6 Å². The van der Waals surface area contributed by atoms with Crippen molar-refractivity contribution in [3.8, 4) is 5.75 Å². The van der Waals surface area contributed by atoms with Crippen molar-refractivity contribution in [1.82, 2.24) is 25.5 Å². The lowest BCUT2D eigenvalue weighted by molar-refractivity contribution is -0.125. The maximum Gasteiger partial charge on any atom is 0.245 e. The number of benzene rings is 1. The summed E-state index contributed by atoms with van der Waals surface area (Å²) in [4.78, 5) is 13.1. The number of nitrogens with zero attached hydrogens (tertiary/aromatic N) is 4. The molecule has 0 aliphatic heterocycles. The van der Waals surface area contributed by atoms with Gasteiger partial charge in [0.15, 0.2) is 0 Å². The van der Waals surface area contributed by atoms with Crippen LogP contribution in [0.15, 0.2) is 24.3 Å². The number of fused-ring (bicyclic) bond motifs is 1. The summed E-state index contributed by atoms with van der Waals surface area (Å²) in [7, 11) is 1.64. The molecule has 2 aromatic rings. The second-order valence-electron chi connectivity index (χ2n) is 7.39. The number of aryl methyl sites for hydroxylation is 1. The molecule has 1 N–H and O–H groups in total. The Kier molecular flexibility index (Phi) is 4.61. The molecule has 0 spiro atoms. The molecule has 2 saturated carbocycles. The van der Waals surface area contributed by atoms with Crippen LogP contribution in [-0.2, 0) is 11.2 Å². The molecule has 1 aromatic carbocycles. The number of tetrazole rings is 1. The van der Waals surface area contributed by atoms with Crippen molar-refractivity contribution < 1.29 is 9.53 Å². The molecule has 7 nitrogen and oxygen atoms in total. The molecule has 0 bridgehead atoms. The van der Waals surface area contributed by atoms with Crippen LogP contribution in [0.25, 0.3) is 0 Å². The SMILES string of the molecule is COc1cccc(C[C@H](C(=O)NC2[C@H]3CCCC[C@@H]23)n2nnnc2C)c1. The molecule has 0 saturated heterocycles. The van der Waals surface area contributed by atoms with Gasteiger partial charge in [-0.05, 0) is 59.7 Å². The summed E-state index contributed by atoms with van der Waals surface area (Å²) in [5.41, 5.74) is 1.02. The number of ether oxygens (including phenoxy) is 1. The largest absolute Gasteiger partial charge is 0.497 e. The molecule has 2 aliphatic rings. The van der Waals surface area contributed by atoms with Crippen molar-refractivity contribution in [3.05, 3.63) is 35.7 Å². The van der Waals surface area contributed by atoms with Crippen molar-refractivity contribution in [2.75, 3.05) is 7.11 Å². The summed E-state index contributed by atoms with van der Waals surface area (Å²) >= 11 is 0. The number of rotatable bonds is 6. The summed E-state index contributed by atoms with van der Waals surface area (Å²) < 4.78 is 6.93. The van der Waals surface area contributed by atoms with Crippen LogP contribution < -0.4 is 10.1 Å². The van der Waals surface area contributed by atoms with Crippen molar-refractivity contribution in [3.63, 3.8) is 0 Å². The number of hydrogen-bond acceptors (Lipinski definition) is 5. The fourth-order valence-corrected chi connectivity index (χ4v) is 4.31. The van der Waals surface area contributed by atoms with E-state index in [2.05, 4.69) is 20.8 Å². The van der Waals surface area contributed by atoms with Gasteiger partial charge in [-0.3, -0.25) is 4.79 Å². The van der Waals surface area contributed by atoms with Crippen LogP contribution in [0.5, 0.6) is 5.75 Å². The predicted octanol–water partition coefficient (Wildman–Crippen LogP) is 2.08. The normalized spacial score (nSPS) is 25.2. The summed E-state index contributed by atoms with van der Waals surface area (Å²) in [6, 6.07) is 7.66. The monoisotopic (exact) mass is 355 g/mol. The Labute approximate surface area is 153 Å². The first-order valence-corrected chi connectivity index (χ1v) is 9.35. The van der Waals surface area contributed by atoms with Crippen molar-refractivity contribution in [2.24, 2.45) is 11.8 Å². The number of hydrogen-bond donors (Lipinski definition) is 1. The third kappa shape index (κ3) is 3.30. The van der Waals surface area contributed by atoms with E-state index in [1.54, 1.807) is 11.8 Å². The Hall–Kier alpha value is -2.44. The zero-order valence-corrected chi connectivity index (χ0v) is 15.3. The average molecular weight is 355 g/mol. The van der Waals surface area contributed by atoms with E-state index in [9.17, 15) is 4.79 Å². The highest BCUT2D eigenvalue weighted by Crippen LogP contribution is 2.49. The molecule has 4 atom stereocenters. The van der Waals surface area contributed by atoms with Crippen LogP contribution in [-0.4, -0.2) is 39.3 Å². The van der Waals surface area contributed by atoms with Gasteiger partial charge in [-0.25, -0.2) is 4.68 Å². The minimum Gasteiger partial charge on any atom is -0.497 e. The van der Waals surface area contributed by atoms with Gasteiger partial charge in [-0.1, -0.05) is 25.0 Å². The Morgan fingerprint density at radius 3 is 2.77 bits per heavy atom. The van der Waals surface area contributed by atoms with Gasteiger partial charge < -0.3 is 10.1 Å². The molecule has 1 aromatic heterocycles. The first-order chi connectivity index (χ1) is 12.7. The van der Waals surface area contributed by atoms with Gasteiger partial charge in [0.25, 0.3) is 0 Å². The topological polar surface area (TPSA) is 81.9 Å². The Balaban J connectivity index is 1.53. The van der Waals surface area contributed by atoms with E-state index in [-0.39, 0.29) is 5.91 Å². The van der Waals surface area contributed by atoms with Crippen molar-refractivity contribution in [1.29, 1.82) is 0 Å². The molecule has 1 heterocycles. The van der Waals surface area contributed by atoms with Gasteiger partial charge in [0, 0.05) is 12.5 Å². The number of amides is 1. The number of carbonyl (C=O) groups is 1. The number of aromatic nitrogens is 4. The minimum atomic E-state index is -0.459. The van der Waals surface area contributed by atoms with E-state index in [0.717, 1.165) is 11.3 Å². The molecule has 26 heavy (non-hydrogen) atoms. The lowest BCUT2D eigenvalue weighted by atomic mass is 10.0. The molecular weight excluding hydrogens is 330 g/mol. The molecule has 138 valence electrons. The second-order valence-corrected chi connectivity index (χ2v) is 7.39. The molecule has 1 unspecified atom stereocenters. The zero-order valence-electron chi connectivity index (χ0n) is 15.3. The standard InChI is InChI=1S/C19H25N5O2/c1-12-21-22-23-24(12)17(11-13-6-5-7-14(10-13)26-2)19(25)20-18-15-8-3-4-9-16(15)18/h5-7,10,15-18H,3-4,8-9,11H2,1-2H3,(H,20,25)/t15-,16+,17-,18?/m1/s1. The third-order valence-electron chi connectivity index (χ3n) is 5.78. The maximum absolute atomic E-state index is 13.1. The van der Waals surface area contributed by atoms with Crippen molar-refractivity contribution >= 4 is 5.91 Å². The Bertz CT molecular complexity index is 778. The Morgan fingerprint density at radius 2 is 2.12 bits per heavy atom. The first-order valence-electron chi connectivity index (χ1n) is 9.35. The zero-order chi connectivity index (χ0) is 18.1. The lowest BCUT2D eigenvalue weighted by Gasteiger charge is -2.18. The van der Waals surface area contributed by atoms with Crippen LogP contribution in [0.2, 0.25) is 0 Å². The van der Waals surface area contributed by atoms with Crippen LogP contribution in [0.1, 0.15) is 43.1 Å². The maximum atomic E-state index is 13.1. The van der Waals surface area contributed by atoms with Gasteiger partial charge >= 0.3 is 0 Å². The van der Waals surface area contributed by atoms with Gasteiger partial charge in [0.05, 0.1) is 7.11 Å². The van der Waals surface area contributed by atoms with E-state index in [1.165, 1.54) is 25.7 Å².